The lowest BCUT2D eigenvalue weighted by atomic mass is 10.1. The molecule has 0 saturated carbocycles. The Labute approximate surface area is 156 Å². The summed E-state index contributed by atoms with van der Waals surface area (Å²) in [5, 5.41) is 6.64. The number of aryl methyl sites for hydroxylation is 1. The van der Waals surface area contributed by atoms with Crippen molar-refractivity contribution in [1.82, 2.24) is 10.6 Å². The van der Waals surface area contributed by atoms with Crippen molar-refractivity contribution in [2.24, 2.45) is 4.99 Å². The molecule has 0 spiro atoms. The second-order valence-corrected chi connectivity index (χ2v) is 6.41. The molecular formula is C21H29N3O2. The Morgan fingerprint density at radius 2 is 1.73 bits per heavy atom. The Kier molecular flexibility index (Phi) is 7.33. The van der Waals surface area contributed by atoms with Gasteiger partial charge in [0.1, 0.15) is 11.5 Å². The summed E-state index contributed by atoms with van der Waals surface area (Å²) in [6.07, 6.45) is 0.181. The molecule has 2 N–H and O–H groups in total. The molecule has 5 nitrogen and oxygen atoms in total. The van der Waals surface area contributed by atoms with Crippen LogP contribution in [0.4, 0.5) is 0 Å². The van der Waals surface area contributed by atoms with E-state index in [0.717, 1.165) is 28.6 Å². The predicted octanol–water partition coefficient (Wildman–Crippen LogP) is 3.66. The van der Waals surface area contributed by atoms with Crippen molar-refractivity contribution >= 4 is 5.96 Å². The van der Waals surface area contributed by atoms with E-state index in [4.69, 9.17) is 9.47 Å². The van der Waals surface area contributed by atoms with Gasteiger partial charge in [0.15, 0.2) is 5.96 Å². The molecule has 0 saturated heterocycles. The topological polar surface area (TPSA) is 54.9 Å². The van der Waals surface area contributed by atoms with E-state index in [1.54, 1.807) is 14.2 Å². The van der Waals surface area contributed by atoms with Crippen LogP contribution in [0.3, 0.4) is 0 Å². The van der Waals surface area contributed by atoms with Gasteiger partial charge in [-0.05, 0) is 50.1 Å². The summed E-state index contributed by atoms with van der Waals surface area (Å²) in [5.74, 6) is 2.52. The van der Waals surface area contributed by atoms with Crippen LogP contribution in [0.2, 0.25) is 0 Å². The average molecular weight is 355 g/mol. The number of rotatable bonds is 7. The zero-order valence-electron chi connectivity index (χ0n) is 16.3. The number of guanidine groups is 1. The van der Waals surface area contributed by atoms with Crippen LogP contribution < -0.4 is 20.1 Å². The van der Waals surface area contributed by atoms with Gasteiger partial charge in [-0.2, -0.15) is 0 Å². The largest absolute Gasteiger partial charge is 0.496 e. The number of methoxy groups -OCH3 is 1. The number of ether oxygens (including phenoxy) is 2. The Bertz CT molecular complexity index is 725. The Hall–Kier alpha value is -2.69. The first-order valence-electron chi connectivity index (χ1n) is 8.85. The predicted molar refractivity (Wildman–Crippen MR) is 107 cm³/mol. The molecule has 0 bridgehead atoms. The van der Waals surface area contributed by atoms with E-state index in [1.165, 1.54) is 5.56 Å². The van der Waals surface area contributed by atoms with Crippen molar-refractivity contribution in [2.75, 3.05) is 14.2 Å². The lowest BCUT2D eigenvalue weighted by molar-refractivity contribution is 0.242. The van der Waals surface area contributed by atoms with Crippen LogP contribution in [0.1, 0.15) is 30.5 Å². The first-order valence-corrected chi connectivity index (χ1v) is 8.85. The van der Waals surface area contributed by atoms with Gasteiger partial charge in [0, 0.05) is 25.7 Å². The minimum absolute atomic E-state index is 0.181. The van der Waals surface area contributed by atoms with Crippen LogP contribution in [0.15, 0.2) is 47.5 Å². The van der Waals surface area contributed by atoms with Crippen molar-refractivity contribution < 1.29 is 9.47 Å². The van der Waals surface area contributed by atoms with E-state index in [1.807, 2.05) is 32.0 Å². The molecule has 5 heteroatoms. The number of hydrogen-bond acceptors (Lipinski definition) is 3. The molecule has 0 atom stereocenters. The third-order valence-electron chi connectivity index (χ3n) is 3.87. The maximum atomic E-state index is 5.67. The second kappa shape index (κ2) is 9.70. The van der Waals surface area contributed by atoms with Crippen LogP contribution in [0.25, 0.3) is 0 Å². The van der Waals surface area contributed by atoms with Crippen LogP contribution in [-0.2, 0) is 13.1 Å². The van der Waals surface area contributed by atoms with Crippen LogP contribution in [-0.4, -0.2) is 26.2 Å². The number of benzene rings is 2. The van der Waals surface area contributed by atoms with Crippen molar-refractivity contribution in [3.05, 3.63) is 59.2 Å². The number of aliphatic imine (C=N–C) groups is 1. The van der Waals surface area contributed by atoms with Crippen LogP contribution in [0, 0.1) is 6.92 Å². The standard InChI is InChI=1S/C21H29N3O2/c1-15(2)26-19-10-7-17(8-11-19)13-23-21(22-4)24-14-18-9-6-16(3)12-20(18)25-5/h6-12,15H,13-14H2,1-5H3,(H2,22,23,24). The van der Waals surface area contributed by atoms with Crippen molar-refractivity contribution in [3.8, 4) is 11.5 Å². The van der Waals surface area contributed by atoms with E-state index < -0.39 is 0 Å². The molecule has 0 aliphatic rings. The molecule has 0 fully saturated rings. The Morgan fingerprint density at radius 3 is 2.35 bits per heavy atom. The normalized spacial score (nSPS) is 11.4. The summed E-state index contributed by atoms with van der Waals surface area (Å²) in [6, 6.07) is 14.3. The summed E-state index contributed by atoms with van der Waals surface area (Å²) < 4.78 is 11.1. The molecule has 140 valence electrons. The summed E-state index contributed by atoms with van der Waals surface area (Å²) in [5.41, 5.74) is 3.44. The molecular weight excluding hydrogens is 326 g/mol. The molecule has 2 rings (SSSR count). The zero-order chi connectivity index (χ0) is 18.9. The summed E-state index contributed by atoms with van der Waals surface area (Å²) in [6.45, 7) is 7.43. The smallest absolute Gasteiger partial charge is 0.191 e. The van der Waals surface area contributed by atoms with E-state index in [0.29, 0.717) is 13.1 Å². The van der Waals surface area contributed by atoms with Gasteiger partial charge in [-0.1, -0.05) is 24.3 Å². The fourth-order valence-electron chi connectivity index (χ4n) is 2.54. The Balaban J connectivity index is 1.88. The van der Waals surface area contributed by atoms with E-state index in [-0.39, 0.29) is 6.10 Å². The highest BCUT2D eigenvalue weighted by Gasteiger charge is 2.05. The van der Waals surface area contributed by atoms with Crippen molar-refractivity contribution in [1.29, 1.82) is 0 Å². The molecule has 0 amide bonds. The number of nitrogens with one attached hydrogen (secondary N) is 2. The van der Waals surface area contributed by atoms with Gasteiger partial charge in [0.05, 0.1) is 13.2 Å². The first-order chi connectivity index (χ1) is 12.5. The average Bonchev–Trinajstić information content (AvgIpc) is 2.63. The molecule has 0 aliphatic heterocycles. The molecule has 0 unspecified atom stereocenters. The van der Waals surface area contributed by atoms with Gasteiger partial charge in [-0.25, -0.2) is 0 Å². The van der Waals surface area contributed by atoms with E-state index >= 15 is 0 Å². The summed E-state index contributed by atoms with van der Waals surface area (Å²) in [4.78, 5) is 4.28. The lowest BCUT2D eigenvalue weighted by Gasteiger charge is -2.15. The third kappa shape index (κ3) is 5.99. The minimum atomic E-state index is 0.181. The van der Waals surface area contributed by atoms with Gasteiger partial charge >= 0.3 is 0 Å². The minimum Gasteiger partial charge on any atom is -0.496 e. The van der Waals surface area contributed by atoms with E-state index in [9.17, 15) is 0 Å². The van der Waals surface area contributed by atoms with Crippen LogP contribution in [0.5, 0.6) is 11.5 Å². The van der Waals surface area contributed by atoms with Gasteiger partial charge in [0.2, 0.25) is 0 Å². The van der Waals surface area contributed by atoms with Crippen molar-refractivity contribution in [2.45, 2.75) is 40.0 Å². The fraction of sp³-hybridized carbons (Fsp3) is 0.381. The molecule has 0 radical (unpaired) electrons. The molecule has 0 aromatic heterocycles. The summed E-state index contributed by atoms with van der Waals surface area (Å²) >= 11 is 0. The first kappa shape index (κ1) is 19.6. The third-order valence-corrected chi connectivity index (χ3v) is 3.87. The maximum absolute atomic E-state index is 5.67. The zero-order valence-corrected chi connectivity index (χ0v) is 16.3. The highest BCUT2D eigenvalue weighted by Crippen LogP contribution is 2.19. The number of nitrogens with zero attached hydrogens (tertiary/aromatic N) is 1. The van der Waals surface area contributed by atoms with Gasteiger partial charge in [0.25, 0.3) is 0 Å². The van der Waals surface area contributed by atoms with Gasteiger partial charge in [-0.15, -0.1) is 0 Å². The molecule has 26 heavy (non-hydrogen) atoms. The molecule has 0 heterocycles. The Morgan fingerprint density at radius 1 is 1.04 bits per heavy atom. The molecule has 2 aromatic rings. The number of hydrogen-bond donors (Lipinski definition) is 2. The molecule has 0 aliphatic carbocycles. The highest BCUT2D eigenvalue weighted by molar-refractivity contribution is 5.79. The van der Waals surface area contributed by atoms with Gasteiger partial charge < -0.3 is 20.1 Å². The molecule has 2 aromatic carbocycles. The van der Waals surface area contributed by atoms with Crippen molar-refractivity contribution in [3.63, 3.8) is 0 Å². The quantitative estimate of drug-likeness (QED) is 0.588. The monoisotopic (exact) mass is 355 g/mol. The van der Waals surface area contributed by atoms with E-state index in [2.05, 4.69) is 46.8 Å². The summed E-state index contributed by atoms with van der Waals surface area (Å²) in [7, 11) is 3.46. The highest BCUT2D eigenvalue weighted by atomic mass is 16.5. The second-order valence-electron chi connectivity index (χ2n) is 6.41. The fourth-order valence-corrected chi connectivity index (χ4v) is 2.54. The SMILES string of the molecule is CN=C(NCc1ccc(OC(C)C)cc1)NCc1ccc(C)cc1OC. The van der Waals surface area contributed by atoms with Gasteiger partial charge in [-0.3, -0.25) is 4.99 Å². The lowest BCUT2D eigenvalue weighted by Crippen LogP contribution is -2.36. The maximum Gasteiger partial charge on any atom is 0.191 e. The van der Waals surface area contributed by atoms with Crippen LogP contribution >= 0.6 is 0 Å².